The summed E-state index contributed by atoms with van der Waals surface area (Å²) in [6, 6.07) is 60.0. The SMILES string of the molecule is c1ccc(N(c2ccccc2)c2ccc(-c3nc4c(-c5ccnc6c5ccc5cccnc56)cccc4c4c3ccc3ccccc34)cc2)cc1. The zero-order valence-corrected chi connectivity index (χ0v) is 27.6. The smallest absolute Gasteiger partial charge is 0.0970 e. The summed E-state index contributed by atoms with van der Waals surface area (Å²) in [5.74, 6) is 0. The van der Waals surface area contributed by atoms with E-state index < -0.39 is 0 Å². The van der Waals surface area contributed by atoms with Gasteiger partial charge in [-0.25, -0.2) is 4.98 Å². The summed E-state index contributed by atoms with van der Waals surface area (Å²) in [7, 11) is 0. The first-order valence-electron chi connectivity index (χ1n) is 17.2. The van der Waals surface area contributed by atoms with E-state index in [1.165, 1.54) is 16.2 Å². The number of fused-ring (bicyclic) bond motifs is 8. The van der Waals surface area contributed by atoms with Crippen molar-refractivity contribution in [3.8, 4) is 22.4 Å². The summed E-state index contributed by atoms with van der Waals surface area (Å²) in [6.07, 6.45) is 3.73. The highest BCUT2D eigenvalue weighted by Gasteiger charge is 2.19. The summed E-state index contributed by atoms with van der Waals surface area (Å²) in [4.78, 5) is 17.4. The normalized spacial score (nSPS) is 11.5. The standard InChI is InChI=1S/C47H30N4/c1-3-13-34(14-4-1)51(35-15-5-2-6-16-35)36-24-20-33(21-25-36)44-42-27-22-31-11-7-8-17-37(31)43(42)41-19-9-18-39(46(41)50-44)38-28-30-49-47-40(38)26-23-32-12-10-29-48-45(32)47/h1-30H. The number of nitrogens with zero attached hydrogens (tertiary/aromatic N) is 4. The zero-order chi connectivity index (χ0) is 33.7. The van der Waals surface area contributed by atoms with Crippen molar-refractivity contribution >= 4 is 71.3 Å². The van der Waals surface area contributed by atoms with Crippen LogP contribution in [-0.2, 0) is 0 Å². The van der Waals surface area contributed by atoms with Crippen LogP contribution in [0.2, 0.25) is 0 Å². The van der Waals surface area contributed by atoms with Crippen LogP contribution in [0.4, 0.5) is 17.1 Å². The van der Waals surface area contributed by atoms with Crippen LogP contribution in [0.25, 0.3) is 76.6 Å². The molecule has 0 aliphatic carbocycles. The molecule has 0 fully saturated rings. The first-order valence-corrected chi connectivity index (χ1v) is 17.2. The maximum atomic E-state index is 5.57. The lowest BCUT2D eigenvalue weighted by molar-refractivity contribution is 1.28. The molecule has 238 valence electrons. The molecule has 0 unspecified atom stereocenters. The van der Waals surface area contributed by atoms with Gasteiger partial charge in [0.2, 0.25) is 0 Å². The Hall–Kier alpha value is -6.91. The molecule has 4 heteroatoms. The summed E-state index contributed by atoms with van der Waals surface area (Å²) in [5, 5.41) is 8.02. The van der Waals surface area contributed by atoms with Gasteiger partial charge in [0.25, 0.3) is 0 Å². The van der Waals surface area contributed by atoms with Crippen molar-refractivity contribution < 1.29 is 0 Å². The molecule has 10 rings (SSSR count). The Bertz CT molecular complexity index is 2860. The number of para-hydroxylation sites is 3. The molecule has 0 spiro atoms. The topological polar surface area (TPSA) is 41.9 Å². The quantitative estimate of drug-likeness (QED) is 0.174. The maximum absolute atomic E-state index is 5.57. The fraction of sp³-hybridized carbons (Fsp3) is 0. The monoisotopic (exact) mass is 650 g/mol. The first-order chi connectivity index (χ1) is 25.3. The molecular formula is C47H30N4. The summed E-state index contributed by atoms with van der Waals surface area (Å²) >= 11 is 0. The number of hydrogen-bond acceptors (Lipinski definition) is 4. The molecule has 10 aromatic rings. The zero-order valence-electron chi connectivity index (χ0n) is 27.6. The van der Waals surface area contributed by atoms with Gasteiger partial charge in [0.15, 0.2) is 0 Å². The van der Waals surface area contributed by atoms with Gasteiger partial charge < -0.3 is 4.90 Å². The van der Waals surface area contributed by atoms with Gasteiger partial charge in [-0.15, -0.1) is 0 Å². The van der Waals surface area contributed by atoms with Crippen LogP contribution in [0.5, 0.6) is 0 Å². The summed E-state index contributed by atoms with van der Waals surface area (Å²) < 4.78 is 0. The van der Waals surface area contributed by atoms with Crippen LogP contribution in [0, 0.1) is 0 Å². The van der Waals surface area contributed by atoms with Crippen LogP contribution in [0.15, 0.2) is 182 Å². The molecule has 3 heterocycles. The maximum Gasteiger partial charge on any atom is 0.0970 e. The first kappa shape index (κ1) is 29.0. The molecule has 4 nitrogen and oxygen atoms in total. The van der Waals surface area contributed by atoms with Gasteiger partial charge in [-0.05, 0) is 64.9 Å². The third-order valence-corrected chi connectivity index (χ3v) is 9.91. The van der Waals surface area contributed by atoms with Crippen LogP contribution in [-0.4, -0.2) is 15.0 Å². The van der Waals surface area contributed by atoms with Crippen molar-refractivity contribution in [3.05, 3.63) is 182 Å². The van der Waals surface area contributed by atoms with Crippen molar-refractivity contribution in [2.75, 3.05) is 4.90 Å². The molecule has 0 atom stereocenters. The number of pyridine rings is 3. The van der Waals surface area contributed by atoms with Crippen molar-refractivity contribution in [3.63, 3.8) is 0 Å². The van der Waals surface area contributed by atoms with E-state index in [1.54, 1.807) is 0 Å². The van der Waals surface area contributed by atoms with E-state index in [4.69, 9.17) is 15.0 Å². The van der Waals surface area contributed by atoms with Gasteiger partial charge in [0.1, 0.15) is 0 Å². The van der Waals surface area contributed by atoms with E-state index in [0.29, 0.717) is 0 Å². The van der Waals surface area contributed by atoms with Gasteiger partial charge in [0.05, 0.1) is 22.2 Å². The summed E-state index contributed by atoms with van der Waals surface area (Å²) in [6.45, 7) is 0. The molecule has 51 heavy (non-hydrogen) atoms. The van der Waals surface area contributed by atoms with Gasteiger partial charge >= 0.3 is 0 Å². The van der Waals surface area contributed by atoms with Gasteiger partial charge in [-0.2, -0.15) is 0 Å². The highest BCUT2D eigenvalue weighted by Crippen LogP contribution is 2.42. The number of hydrogen-bond donors (Lipinski definition) is 0. The van der Waals surface area contributed by atoms with Crippen LogP contribution >= 0.6 is 0 Å². The Balaban J connectivity index is 1.22. The average Bonchev–Trinajstić information content (AvgIpc) is 3.21. The fourth-order valence-corrected chi connectivity index (χ4v) is 7.59. The van der Waals surface area contributed by atoms with E-state index in [1.807, 2.05) is 18.5 Å². The molecule has 0 aliphatic heterocycles. The average molecular weight is 651 g/mol. The van der Waals surface area contributed by atoms with E-state index >= 15 is 0 Å². The second kappa shape index (κ2) is 11.9. The molecule has 0 bridgehead atoms. The second-order valence-corrected chi connectivity index (χ2v) is 12.8. The van der Waals surface area contributed by atoms with Crippen molar-refractivity contribution in [2.45, 2.75) is 0 Å². The largest absolute Gasteiger partial charge is 0.311 e. The Morgan fingerprint density at radius 1 is 0.353 bits per heavy atom. The Kier molecular flexibility index (Phi) is 6.78. The van der Waals surface area contributed by atoms with Crippen LogP contribution in [0.1, 0.15) is 0 Å². The van der Waals surface area contributed by atoms with Crippen molar-refractivity contribution in [2.24, 2.45) is 0 Å². The van der Waals surface area contributed by atoms with Crippen molar-refractivity contribution in [1.82, 2.24) is 15.0 Å². The number of aromatic nitrogens is 3. The molecule has 0 N–H and O–H groups in total. The van der Waals surface area contributed by atoms with E-state index in [-0.39, 0.29) is 0 Å². The number of benzene rings is 7. The van der Waals surface area contributed by atoms with Crippen LogP contribution < -0.4 is 4.90 Å². The Morgan fingerprint density at radius 2 is 1.00 bits per heavy atom. The molecule has 7 aromatic carbocycles. The van der Waals surface area contributed by atoms with Crippen molar-refractivity contribution in [1.29, 1.82) is 0 Å². The lowest BCUT2D eigenvalue weighted by Crippen LogP contribution is -2.09. The number of anilines is 3. The summed E-state index contributed by atoms with van der Waals surface area (Å²) in [5.41, 5.74) is 10.2. The van der Waals surface area contributed by atoms with E-state index in [9.17, 15) is 0 Å². The van der Waals surface area contributed by atoms with E-state index in [0.717, 1.165) is 77.5 Å². The third-order valence-electron chi connectivity index (χ3n) is 9.91. The highest BCUT2D eigenvalue weighted by molar-refractivity contribution is 6.24. The Morgan fingerprint density at radius 3 is 1.80 bits per heavy atom. The van der Waals surface area contributed by atoms with Gasteiger partial charge in [-0.3, -0.25) is 9.97 Å². The molecule has 0 aliphatic rings. The predicted molar refractivity (Wildman–Crippen MR) is 213 cm³/mol. The minimum atomic E-state index is 0.894. The number of rotatable bonds is 5. The predicted octanol–water partition coefficient (Wildman–Crippen LogP) is 12.4. The van der Waals surface area contributed by atoms with Gasteiger partial charge in [0, 0.05) is 67.5 Å². The van der Waals surface area contributed by atoms with Crippen LogP contribution in [0.3, 0.4) is 0 Å². The molecule has 3 aromatic heterocycles. The molecule has 0 radical (unpaired) electrons. The minimum absolute atomic E-state index is 0.894. The molecule has 0 saturated heterocycles. The minimum Gasteiger partial charge on any atom is -0.311 e. The molecule has 0 saturated carbocycles. The molecular weight excluding hydrogens is 621 g/mol. The molecule has 0 amide bonds. The Labute approximate surface area is 294 Å². The second-order valence-electron chi connectivity index (χ2n) is 12.8. The lowest BCUT2D eigenvalue weighted by Gasteiger charge is -2.25. The van der Waals surface area contributed by atoms with Gasteiger partial charge in [-0.1, -0.05) is 121 Å². The fourth-order valence-electron chi connectivity index (χ4n) is 7.59. The highest BCUT2D eigenvalue weighted by atomic mass is 15.1. The lowest BCUT2D eigenvalue weighted by atomic mass is 9.92. The van der Waals surface area contributed by atoms with E-state index in [2.05, 4.69) is 169 Å². The third kappa shape index (κ3) is 4.80.